The zero-order valence-corrected chi connectivity index (χ0v) is 11.5. The summed E-state index contributed by atoms with van der Waals surface area (Å²) in [6.45, 7) is 3.14. The third-order valence-electron chi connectivity index (χ3n) is 4.25. The van der Waals surface area contributed by atoms with Crippen molar-refractivity contribution in [1.82, 2.24) is 5.32 Å². The van der Waals surface area contributed by atoms with Gasteiger partial charge in [0.1, 0.15) is 5.78 Å². The molecule has 1 N–H and O–H groups in total. The Hall–Kier alpha value is -1.15. The van der Waals surface area contributed by atoms with Gasteiger partial charge < -0.3 is 5.32 Å². The minimum atomic E-state index is 0.162. The molecule has 1 fully saturated rings. The topological polar surface area (TPSA) is 29.1 Å². The van der Waals surface area contributed by atoms with Crippen LogP contribution in [-0.4, -0.2) is 19.4 Å². The monoisotopic (exact) mass is 245 g/mol. The van der Waals surface area contributed by atoms with Crippen molar-refractivity contribution >= 4 is 5.78 Å². The Labute approximate surface area is 110 Å². The van der Waals surface area contributed by atoms with E-state index in [0.717, 1.165) is 38.6 Å². The van der Waals surface area contributed by atoms with E-state index in [0.29, 0.717) is 5.78 Å². The number of aryl methyl sites for hydroxylation is 1. The number of carbonyl (C=O) groups excluding carboxylic acids is 1. The Morgan fingerprint density at radius 2 is 1.78 bits per heavy atom. The molecule has 0 bridgehead atoms. The second-order valence-corrected chi connectivity index (χ2v) is 5.40. The van der Waals surface area contributed by atoms with Crippen LogP contribution < -0.4 is 5.32 Å². The van der Waals surface area contributed by atoms with Gasteiger partial charge in [-0.15, -0.1) is 0 Å². The Balaban J connectivity index is 2.25. The lowest BCUT2D eigenvalue weighted by Crippen LogP contribution is -2.40. The molecule has 0 saturated heterocycles. The average molecular weight is 245 g/mol. The van der Waals surface area contributed by atoms with Gasteiger partial charge in [0.25, 0.3) is 0 Å². The summed E-state index contributed by atoms with van der Waals surface area (Å²) in [5, 5.41) is 3.31. The standard InChI is InChI=1S/C16H23NO/c1-3-13-4-6-14(7-5-13)16(12-17-2)10-8-15(18)9-11-16/h4-7,17H,3,8-12H2,1-2H3. The molecule has 0 aromatic heterocycles. The van der Waals surface area contributed by atoms with Crippen LogP contribution in [0.3, 0.4) is 0 Å². The zero-order valence-electron chi connectivity index (χ0n) is 11.5. The minimum Gasteiger partial charge on any atom is -0.319 e. The van der Waals surface area contributed by atoms with Gasteiger partial charge in [0.2, 0.25) is 0 Å². The second kappa shape index (κ2) is 5.66. The Bertz CT molecular complexity index is 398. The lowest BCUT2D eigenvalue weighted by molar-refractivity contribution is -0.121. The molecule has 2 heteroatoms. The van der Waals surface area contributed by atoms with Gasteiger partial charge >= 0.3 is 0 Å². The summed E-state index contributed by atoms with van der Waals surface area (Å²) in [5.41, 5.74) is 2.93. The molecular formula is C16H23NO. The first-order valence-corrected chi connectivity index (χ1v) is 6.96. The van der Waals surface area contributed by atoms with E-state index in [1.54, 1.807) is 0 Å². The molecule has 0 heterocycles. The van der Waals surface area contributed by atoms with Crippen LogP contribution >= 0.6 is 0 Å². The van der Waals surface area contributed by atoms with E-state index in [2.05, 4.69) is 36.5 Å². The summed E-state index contributed by atoms with van der Waals surface area (Å²) in [5.74, 6) is 0.423. The van der Waals surface area contributed by atoms with Gasteiger partial charge in [0.15, 0.2) is 0 Å². The molecule has 0 spiro atoms. The number of hydrogen-bond acceptors (Lipinski definition) is 2. The normalized spacial score (nSPS) is 18.9. The van der Waals surface area contributed by atoms with Crippen molar-refractivity contribution in [3.63, 3.8) is 0 Å². The summed E-state index contributed by atoms with van der Waals surface area (Å²) in [6.07, 6.45) is 4.52. The summed E-state index contributed by atoms with van der Waals surface area (Å²) in [4.78, 5) is 11.5. The lowest BCUT2D eigenvalue weighted by atomic mass is 9.69. The molecule has 0 atom stereocenters. The van der Waals surface area contributed by atoms with Crippen molar-refractivity contribution < 1.29 is 4.79 Å². The highest BCUT2D eigenvalue weighted by atomic mass is 16.1. The molecule has 1 aliphatic rings. The van der Waals surface area contributed by atoms with Crippen LogP contribution in [0, 0.1) is 0 Å². The first-order chi connectivity index (χ1) is 8.70. The van der Waals surface area contributed by atoms with Gasteiger partial charge in [-0.2, -0.15) is 0 Å². The third kappa shape index (κ3) is 2.64. The zero-order chi connectivity index (χ0) is 13.0. The fourth-order valence-electron chi connectivity index (χ4n) is 3.01. The molecule has 0 radical (unpaired) electrons. The Morgan fingerprint density at radius 3 is 2.28 bits per heavy atom. The maximum Gasteiger partial charge on any atom is 0.132 e. The SMILES string of the molecule is CCc1ccc(C2(CNC)CCC(=O)CC2)cc1. The number of benzene rings is 1. The van der Waals surface area contributed by atoms with Crippen molar-refractivity contribution in [2.45, 2.75) is 44.4 Å². The molecule has 2 nitrogen and oxygen atoms in total. The first kappa shape index (κ1) is 13.3. The van der Waals surface area contributed by atoms with Crippen LogP contribution in [0.4, 0.5) is 0 Å². The van der Waals surface area contributed by atoms with E-state index in [1.807, 2.05) is 7.05 Å². The van der Waals surface area contributed by atoms with E-state index >= 15 is 0 Å². The average Bonchev–Trinajstić information content (AvgIpc) is 2.42. The summed E-state index contributed by atoms with van der Waals surface area (Å²) in [7, 11) is 2.00. The molecule has 98 valence electrons. The number of ketones is 1. The van der Waals surface area contributed by atoms with Gasteiger partial charge in [-0.25, -0.2) is 0 Å². The summed E-state index contributed by atoms with van der Waals surface area (Å²) in [6, 6.07) is 8.96. The minimum absolute atomic E-state index is 0.162. The molecule has 1 aliphatic carbocycles. The third-order valence-corrected chi connectivity index (χ3v) is 4.25. The number of hydrogen-bond donors (Lipinski definition) is 1. The largest absolute Gasteiger partial charge is 0.319 e. The van der Waals surface area contributed by atoms with Gasteiger partial charge in [0.05, 0.1) is 0 Å². The Morgan fingerprint density at radius 1 is 1.17 bits per heavy atom. The van der Waals surface area contributed by atoms with E-state index in [-0.39, 0.29) is 5.41 Å². The molecule has 1 aromatic carbocycles. The van der Waals surface area contributed by atoms with Gasteiger partial charge in [0, 0.05) is 24.8 Å². The van der Waals surface area contributed by atoms with E-state index in [1.165, 1.54) is 11.1 Å². The highest BCUT2D eigenvalue weighted by Gasteiger charge is 2.35. The summed E-state index contributed by atoms with van der Waals surface area (Å²) < 4.78 is 0. The van der Waals surface area contributed by atoms with Crippen molar-refractivity contribution in [3.05, 3.63) is 35.4 Å². The molecule has 0 unspecified atom stereocenters. The van der Waals surface area contributed by atoms with E-state index in [4.69, 9.17) is 0 Å². The van der Waals surface area contributed by atoms with E-state index < -0.39 is 0 Å². The fourth-order valence-corrected chi connectivity index (χ4v) is 3.01. The lowest BCUT2D eigenvalue weighted by Gasteiger charge is -2.37. The van der Waals surface area contributed by atoms with Crippen LogP contribution in [0.15, 0.2) is 24.3 Å². The molecular weight excluding hydrogens is 222 g/mol. The van der Waals surface area contributed by atoms with Gasteiger partial charge in [-0.3, -0.25) is 4.79 Å². The molecule has 18 heavy (non-hydrogen) atoms. The molecule has 1 aromatic rings. The maximum absolute atomic E-state index is 11.5. The van der Waals surface area contributed by atoms with Crippen molar-refractivity contribution in [2.24, 2.45) is 0 Å². The number of likely N-dealkylation sites (N-methyl/N-ethyl adjacent to an activating group) is 1. The van der Waals surface area contributed by atoms with Crippen LogP contribution in [0.1, 0.15) is 43.7 Å². The highest BCUT2D eigenvalue weighted by Crippen LogP contribution is 2.37. The quantitative estimate of drug-likeness (QED) is 0.883. The number of Topliss-reactive ketones (excluding diaryl/α,β-unsaturated/α-hetero) is 1. The number of nitrogens with one attached hydrogen (secondary N) is 1. The van der Waals surface area contributed by atoms with Crippen LogP contribution in [0.2, 0.25) is 0 Å². The van der Waals surface area contributed by atoms with Gasteiger partial charge in [-0.05, 0) is 37.4 Å². The van der Waals surface area contributed by atoms with Crippen LogP contribution in [-0.2, 0) is 16.6 Å². The highest BCUT2D eigenvalue weighted by molar-refractivity contribution is 5.79. The molecule has 2 rings (SSSR count). The maximum atomic E-state index is 11.5. The predicted molar refractivity (Wildman–Crippen MR) is 74.9 cm³/mol. The van der Waals surface area contributed by atoms with Crippen LogP contribution in [0.5, 0.6) is 0 Å². The second-order valence-electron chi connectivity index (χ2n) is 5.40. The number of carbonyl (C=O) groups is 1. The predicted octanol–water partition coefficient (Wildman–Crippen LogP) is 2.85. The molecule has 0 aliphatic heterocycles. The van der Waals surface area contributed by atoms with Crippen molar-refractivity contribution in [1.29, 1.82) is 0 Å². The summed E-state index contributed by atoms with van der Waals surface area (Å²) >= 11 is 0. The molecule has 0 amide bonds. The van der Waals surface area contributed by atoms with E-state index in [9.17, 15) is 4.79 Å². The fraction of sp³-hybridized carbons (Fsp3) is 0.562. The van der Waals surface area contributed by atoms with Gasteiger partial charge in [-0.1, -0.05) is 31.2 Å². The first-order valence-electron chi connectivity index (χ1n) is 6.96. The Kier molecular flexibility index (Phi) is 4.18. The number of rotatable bonds is 4. The molecule has 1 saturated carbocycles. The van der Waals surface area contributed by atoms with Crippen molar-refractivity contribution in [3.8, 4) is 0 Å². The van der Waals surface area contributed by atoms with Crippen LogP contribution in [0.25, 0.3) is 0 Å². The smallest absolute Gasteiger partial charge is 0.132 e. The van der Waals surface area contributed by atoms with Crippen molar-refractivity contribution in [2.75, 3.05) is 13.6 Å².